The Balaban J connectivity index is 1.81. The SMILES string of the molecule is O=C(NCCC1CCCCCC1)c1cccc([N+](=O)[O-])c1. The molecule has 114 valence electrons. The van der Waals surface area contributed by atoms with Crippen LogP contribution in [-0.4, -0.2) is 17.4 Å². The van der Waals surface area contributed by atoms with E-state index in [-0.39, 0.29) is 11.6 Å². The zero-order valence-electron chi connectivity index (χ0n) is 12.2. The molecule has 0 atom stereocenters. The lowest BCUT2D eigenvalue weighted by Gasteiger charge is -2.14. The normalized spacial score (nSPS) is 16.2. The number of rotatable bonds is 5. The lowest BCUT2D eigenvalue weighted by molar-refractivity contribution is -0.384. The first-order chi connectivity index (χ1) is 10.2. The highest BCUT2D eigenvalue weighted by Gasteiger charge is 2.14. The number of carbonyl (C=O) groups is 1. The number of amides is 1. The number of nitro benzene ring substituents is 1. The third-order valence-electron chi connectivity index (χ3n) is 4.13. The van der Waals surface area contributed by atoms with Crippen LogP contribution in [0.15, 0.2) is 24.3 Å². The first kappa shape index (κ1) is 15.5. The predicted octanol–water partition coefficient (Wildman–Crippen LogP) is 3.69. The molecule has 0 saturated heterocycles. The van der Waals surface area contributed by atoms with Gasteiger partial charge in [-0.15, -0.1) is 0 Å². The Hall–Kier alpha value is -1.91. The van der Waals surface area contributed by atoms with Gasteiger partial charge in [-0.25, -0.2) is 0 Å². The predicted molar refractivity (Wildman–Crippen MR) is 81.2 cm³/mol. The highest BCUT2D eigenvalue weighted by Crippen LogP contribution is 2.24. The Kier molecular flexibility index (Phi) is 5.72. The zero-order valence-corrected chi connectivity index (χ0v) is 12.2. The lowest BCUT2D eigenvalue weighted by atomic mass is 9.97. The summed E-state index contributed by atoms with van der Waals surface area (Å²) < 4.78 is 0. The topological polar surface area (TPSA) is 72.2 Å². The summed E-state index contributed by atoms with van der Waals surface area (Å²) in [7, 11) is 0. The van der Waals surface area contributed by atoms with Crippen LogP contribution in [-0.2, 0) is 0 Å². The first-order valence-electron chi connectivity index (χ1n) is 7.69. The standard InChI is InChI=1S/C16H22N2O3/c19-16(14-8-5-9-15(12-14)18(20)21)17-11-10-13-6-3-1-2-4-7-13/h5,8-9,12-13H,1-4,6-7,10-11H2,(H,17,19). The van der Waals surface area contributed by atoms with Gasteiger partial charge in [-0.3, -0.25) is 14.9 Å². The number of nitrogens with zero attached hydrogens (tertiary/aromatic N) is 1. The Morgan fingerprint density at radius 3 is 2.62 bits per heavy atom. The van der Waals surface area contributed by atoms with Crippen LogP contribution < -0.4 is 5.32 Å². The van der Waals surface area contributed by atoms with Gasteiger partial charge in [-0.2, -0.15) is 0 Å². The fourth-order valence-electron chi connectivity index (χ4n) is 2.91. The highest BCUT2D eigenvalue weighted by molar-refractivity contribution is 5.94. The molecule has 1 amide bonds. The Labute approximate surface area is 124 Å². The molecule has 5 heteroatoms. The van der Waals surface area contributed by atoms with Gasteiger partial charge in [-0.1, -0.05) is 44.6 Å². The molecule has 5 nitrogen and oxygen atoms in total. The Morgan fingerprint density at radius 2 is 1.95 bits per heavy atom. The summed E-state index contributed by atoms with van der Waals surface area (Å²) in [5, 5.41) is 13.6. The summed E-state index contributed by atoms with van der Waals surface area (Å²) >= 11 is 0. The van der Waals surface area contributed by atoms with Crippen molar-refractivity contribution in [2.45, 2.75) is 44.9 Å². The van der Waals surface area contributed by atoms with Crippen molar-refractivity contribution in [3.05, 3.63) is 39.9 Å². The molecule has 1 aromatic rings. The second-order valence-corrected chi connectivity index (χ2v) is 5.71. The molecule has 0 aliphatic heterocycles. The number of hydrogen-bond donors (Lipinski definition) is 1. The molecule has 0 unspecified atom stereocenters. The van der Waals surface area contributed by atoms with Gasteiger partial charge in [0.15, 0.2) is 0 Å². The minimum absolute atomic E-state index is 0.0496. The van der Waals surface area contributed by atoms with Crippen molar-refractivity contribution in [2.75, 3.05) is 6.54 Å². The van der Waals surface area contributed by atoms with E-state index in [0.29, 0.717) is 18.0 Å². The number of nitrogens with one attached hydrogen (secondary N) is 1. The molecule has 21 heavy (non-hydrogen) atoms. The van der Waals surface area contributed by atoms with Crippen molar-refractivity contribution in [1.82, 2.24) is 5.32 Å². The molecule has 0 bridgehead atoms. The number of nitro groups is 1. The lowest BCUT2D eigenvalue weighted by Crippen LogP contribution is -2.26. The van der Waals surface area contributed by atoms with E-state index in [1.165, 1.54) is 50.7 Å². The van der Waals surface area contributed by atoms with E-state index in [1.807, 2.05) is 0 Å². The summed E-state index contributed by atoms with van der Waals surface area (Å²) in [5.74, 6) is 0.477. The molecule has 1 fully saturated rings. The summed E-state index contributed by atoms with van der Waals surface area (Å²) in [6.45, 7) is 0.645. The van der Waals surface area contributed by atoms with E-state index in [2.05, 4.69) is 5.32 Å². The van der Waals surface area contributed by atoms with Gasteiger partial charge in [0, 0.05) is 24.2 Å². The van der Waals surface area contributed by atoms with Crippen LogP contribution in [0.25, 0.3) is 0 Å². The second-order valence-electron chi connectivity index (χ2n) is 5.71. The molecule has 1 aliphatic rings. The minimum atomic E-state index is -0.484. The quantitative estimate of drug-likeness (QED) is 0.510. The zero-order chi connectivity index (χ0) is 15.1. The number of hydrogen-bond acceptors (Lipinski definition) is 3. The van der Waals surface area contributed by atoms with E-state index >= 15 is 0 Å². The van der Waals surface area contributed by atoms with E-state index in [1.54, 1.807) is 12.1 Å². The van der Waals surface area contributed by atoms with Gasteiger partial charge in [0.1, 0.15) is 0 Å². The number of non-ortho nitro benzene ring substituents is 1. The average Bonchev–Trinajstić information content (AvgIpc) is 2.76. The van der Waals surface area contributed by atoms with Crippen molar-refractivity contribution in [3.8, 4) is 0 Å². The van der Waals surface area contributed by atoms with Gasteiger partial charge < -0.3 is 5.32 Å². The molecule has 1 aliphatic carbocycles. The Morgan fingerprint density at radius 1 is 1.24 bits per heavy atom. The van der Waals surface area contributed by atoms with Crippen LogP contribution in [0.5, 0.6) is 0 Å². The maximum Gasteiger partial charge on any atom is 0.270 e. The number of carbonyl (C=O) groups excluding carboxylic acids is 1. The van der Waals surface area contributed by atoms with Crippen molar-refractivity contribution >= 4 is 11.6 Å². The molecule has 0 heterocycles. The van der Waals surface area contributed by atoms with E-state index in [9.17, 15) is 14.9 Å². The highest BCUT2D eigenvalue weighted by atomic mass is 16.6. The van der Waals surface area contributed by atoms with Crippen molar-refractivity contribution < 1.29 is 9.72 Å². The molecular formula is C16H22N2O3. The van der Waals surface area contributed by atoms with E-state index in [4.69, 9.17) is 0 Å². The van der Waals surface area contributed by atoms with E-state index in [0.717, 1.165) is 6.42 Å². The maximum atomic E-state index is 12.0. The molecular weight excluding hydrogens is 268 g/mol. The fourth-order valence-corrected chi connectivity index (χ4v) is 2.91. The molecule has 2 rings (SSSR count). The van der Waals surface area contributed by atoms with Crippen LogP contribution in [0.2, 0.25) is 0 Å². The monoisotopic (exact) mass is 290 g/mol. The summed E-state index contributed by atoms with van der Waals surface area (Å²) in [4.78, 5) is 22.2. The third-order valence-corrected chi connectivity index (χ3v) is 4.13. The third kappa shape index (κ3) is 4.85. The molecule has 0 radical (unpaired) electrons. The minimum Gasteiger partial charge on any atom is -0.352 e. The number of benzene rings is 1. The van der Waals surface area contributed by atoms with Gasteiger partial charge in [-0.05, 0) is 18.4 Å². The van der Waals surface area contributed by atoms with Gasteiger partial charge in [0.05, 0.1) is 4.92 Å². The van der Waals surface area contributed by atoms with Crippen LogP contribution in [0.1, 0.15) is 55.3 Å². The van der Waals surface area contributed by atoms with Crippen molar-refractivity contribution in [2.24, 2.45) is 5.92 Å². The average molecular weight is 290 g/mol. The smallest absolute Gasteiger partial charge is 0.270 e. The van der Waals surface area contributed by atoms with Crippen LogP contribution in [0.3, 0.4) is 0 Å². The van der Waals surface area contributed by atoms with Crippen LogP contribution in [0.4, 0.5) is 5.69 Å². The van der Waals surface area contributed by atoms with Crippen LogP contribution in [0, 0.1) is 16.0 Å². The Bertz CT molecular complexity index is 494. The van der Waals surface area contributed by atoms with Gasteiger partial charge in [0.25, 0.3) is 11.6 Å². The summed E-state index contributed by atoms with van der Waals surface area (Å²) in [5.41, 5.74) is 0.302. The van der Waals surface area contributed by atoms with Gasteiger partial charge >= 0.3 is 0 Å². The fraction of sp³-hybridized carbons (Fsp3) is 0.562. The summed E-state index contributed by atoms with van der Waals surface area (Å²) in [6.07, 6.45) is 8.76. The van der Waals surface area contributed by atoms with Gasteiger partial charge in [0.2, 0.25) is 0 Å². The molecule has 0 aromatic heterocycles. The molecule has 1 saturated carbocycles. The second kappa shape index (κ2) is 7.76. The van der Waals surface area contributed by atoms with Crippen molar-refractivity contribution in [1.29, 1.82) is 0 Å². The van der Waals surface area contributed by atoms with Crippen molar-refractivity contribution in [3.63, 3.8) is 0 Å². The molecule has 1 N–H and O–H groups in total. The molecule has 0 spiro atoms. The van der Waals surface area contributed by atoms with Crippen LogP contribution >= 0.6 is 0 Å². The first-order valence-corrected chi connectivity index (χ1v) is 7.69. The summed E-state index contributed by atoms with van der Waals surface area (Å²) in [6, 6.07) is 5.86. The molecule has 1 aromatic carbocycles. The largest absolute Gasteiger partial charge is 0.352 e. The van der Waals surface area contributed by atoms with E-state index < -0.39 is 4.92 Å². The maximum absolute atomic E-state index is 12.0.